The van der Waals surface area contributed by atoms with Crippen LogP contribution < -0.4 is 0 Å². The van der Waals surface area contributed by atoms with Gasteiger partial charge in [0, 0.05) is 6.04 Å². The van der Waals surface area contributed by atoms with Crippen molar-refractivity contribution in [3.8, 4) is 0 Å². The van der Waals surface area contributed by atoms with E-state index < -0.39 is 0 Å². The molecule has 2 atom stereocenters. The van der Waals surface area contributed by atoms with Crippen LogP contribution in [0.2, 0.25) is 0 Å². The molecule has 84 valence electrons. The second-order valence-corrected chi connectivity index (χ2v) is 3.90. The number of aliphatic hydroxyl groups excluding tert-OH is 1. The van der Waals surface area contributed by atoms with E-state index in [1.165, 1.54) is 0 Å². The molecule has 1 N–H and O–H groups in total. The highest BCUT2D eigenvalue weighted by Gasteiger charge is 2.21. The normalized spacial score (nSPS) is 15.3. The van der Waals surface area contributed by atoms with Crippen molar-refractivity contribution >= 4 is 0 Å². The van der Waals surface area contributed by atoms with E-state index in [1.807, 2.05) is 30.3 Å². The Labute approximate surface area is 92.5 Å². The van der Waals surface area contributed by atoms with Crippen LogP contribution in [0.3, 0.4) is 0 Å². The number of hydrogen-bond donors (Lipinski definition) is 1. The third-order valence-corrected chi connectivity index (χ3v) is 2.99. The first-order valence-corrected chi connectivity index (χ1v) is 5.63. The Balaban J connectivity index is 2.77. The van der Waals surface area contributed by atoms with Gasteiger partial charge in [-0.2, -0.15) is 0 Å². The zero-order valence-electron chi connectivity index (χ0n) is 9.85. The summed E-state index contributed by atoms with van der Waals surface area (Å²) in [7, 11) is 2.06. The van der Waals surface area contributed by atoms with Gasteiger partial charge in [0.05, 0.1) is 6.10 Å². The fourth-order valence-electron chi connectivity index (χ4n) is 1.88. The van der Waals surface area contributed by atoms with Crippen LogP contribution in [-0.2, 0) is 0 Å². The van der Waals surface area contributed by atoms with Gasteiger partial charge in [0.15, 0.2) is 0 Å². The molecule has 2 unspecified atom stereocenters. The van der Waals surface area contributed by atoms with Gasteiger partial charge >= 0.3 is 0 Å². The summed E-state index contributed by atoms with van der Waals surface area (Å²) in [4.78, 5) is 2.19. The fourth-order valence-corrected chi connectivity index (χ4v) is 1.88. The van der Waals surface area contributed by atoms with Gasteiger partial charge in [-0.3, -0.25) is 0 Å². The van der Waals surface area contributed by atoms with Crippen molar-refractivity contribution in [3.05, 3.63) is 35.9 Å². The highest BCUT2D eigenvalue weighted by atomic mass is 16.3. The van der Waals surface area contributed by atoms with Crippen LogP contribution in [0.4, 0.5) is 0 Å². The molecule has 1 aromatic carbocycles. The number of aliphatic hydroxyl groups is 1. The van der Waals surface area contributed by atoms with E-state index in [4.69, 9.17) is 0 Å². The van der Waals surface area contributed by atoms with Gasteiger partial charge in [0.2, 0.25) is 0 Å². The zero-order chi connectivity index (χ0) is 11.3. The van der Waals surface area contributed by atoms with Crippen LogP contribution in [-0.4, -0.2) is 29.6 Å². The molecule has 0 spiro atoms. The van der Waals surface area contributed by atoms with E-state index in [0.29, 0.717) is 0 Å². The van der Waals surface area contributed by atoms with Crippen molar-refractivity contribution in [1.82, 2.24) is 4.90 Å². The van der Waals surface area contributed by atoms with E-state index in [1.54, 1.807) is 0 Å². The van der Waals surface area contributed by atoms with Gasteiger partial charge in [-0.05, 0) is 25.6 Å². The average Bonchev–Trinajstić information content (AvgIpc) is 2.30. The molecule has 0 aliphatic carbocycles. The van der Waals surface area contributed by atoms with Gasteiger partial charge in [0.1, 0.15) is 0 Å². The molecule has 0 aliphatic rings. The Morgan fingerprint density at radius 1 is 1.20 bits per heavy atom. The van der Waals surface area contributed by atoms with Crippen molar-refractivity contribution in [1.29, 1.82) is 0 Å². The molecule has 0 saturated carbocycles. The van der Waals surface area contributed by atoms with E-state index in [2.05, 4.69) is 25.8 Å². The first-order valence-electron chi connectivity index (χ1n) is 5.63. The van der Waals surface area contributed by atoms with Crippen LogP contribution in [0.25, 0.3) is 0 Å². The molecular formula is C13H21NO. The van der Waals surface area contributed by atoms with Gasteiger partial charge in [-0.15, -0.1) is 0 Å². The third-order valence-electron chi connectivity index (χ3n) is 2.99. The minimum Gasteiger partial charge on any atom is -0.387 e. The Kier molecular flexibility index (Phi) is 4.79. The largest absolute Gasteiger partial charge is 0.387 e. The van der Waals surface area contributed by atoms with Gasteiger partial charge in [-0.25, -0.2) is 0 Å². The number of nitrogens with zero attached hydrogens (tertiary/aromatic N) is 1. The topological polar surface area (TPSA) is 23.5 Å². The lowest BCUT2D eigenvalue weighted by atomic mass is 9.99. The number of rotatable bonds is 5. The molecule has 0 fully saturated rings. The van der Waals surface area contributed by atoms with Crippen molar-refractivity contribution in [3.63, 3.8) is 0 Å². The zero-order valence-corrected chi connectivity index (χ0v) is 9.85. The molecule has 1 rings (SSSR count). The highest BCUT2D eigenvalue weighted by Crippen LogP contribution is 2.21. The van der Waals surface area contributed by atoms with Gasteiger partial charge in [-0.1, -0.05) is 44.2 Å². The lowest BCUT2D eigenvalue weighted by molar-refractivity contribution is 0.0630. The Hall–Kier alpha value is -0.860. The van der Waals surface area contributed by atoms with Crippen molar-refractivity contribution in [2.45, 2.75) is 32.4 Å². The first-order chi connectivity index (χ1) is 7.20. The molecule has 15 heavy (non-hydrogen) atoms. The highest BCUT2D eigenvalue weighted by molar-refractivity contribution is 5.18. The Morgan fingerprint density at radius 2 is 1.80 bits per heavy atom. The summed E-state index contributed by atoms with van der Waals surface area (Å²) >= 11 is 0. The van der Waals surface area contributed by atoms with Crippen LogP contribution in [0.15, 0.2) is 30.3 Å². The van der Waals surface area contributed by atoms with Gasteiger partial charge in [0.25, 0.3) is 0 Å². The molecular weight excluding hydrogens is 186 g/mol. The summed E-state index contributed by atoms with van der Waals surface area (Å²) in [6, 6.07) is 10.1. The summed E-state index contributed by atoms with van der Waals surface area (Å²) in [5.74, 6) is 0. The van der Waals surface area contributed by atoms with Crippen LogP contribution in [0.5, 0.6) is 0 Å². The van der Waals surface area contributed by atoms with Crippen molar-refractivity contribution in [2.24, 2.45) is 0 Å². The smallest absolute Gasteiger partial charge is 0.0944 e. The third kappa shape index (κ3) is 3.05. The van der Waals surface area contributed by atoms with Crippen LogP contribution in [0, 0.1) is 0 Å². The summed E-state index contributed by atoms with van der Waals surface area (Å²) in [5.41, 5.74) is 1.00. The van der Waals surface area contributed by atoms with E-state index >= 15 is 0 Å². The quantitative estimate of drug-likeness (QED) is 0.801. The minimum absolute atomic E-state index is 0.206. The monoisotopic (exact) mass is 207 g/mol. The maximum atomic E-state index is 10.2. The molecule has 0 bridgehead atoms. The molecule has 1 aromatic rings. The molecule has 2 heteroatoms. The lowest BCUT2D eigenvalue weighted by Gasteiger charge is -2.30. The standard InChI is InChI=1S/C13H21NO/c1-4-12(14(3)5-2)13(15)11-9-7-6-8-10-11/h6-10,12-13,15H,4-5H2,1-3H3. The molecule has 0 heterocycles. The predicted molar refractivity (Wildman–Crippen MR) is 63.8 cm³/mol. The molecule has 0 amide bonds. The Bertz CT molecular complexity index is 273. The van der Waals surface area contributed by atoms with Crippen LogP contribution in [0.1, 0.15) is 31.9 Å². The number of hydrogen-bond acceptors (Lipinski definition) is 2. The van der Waals surface area contributed by atoms with Crippen LogP contribution >= 0.6 is 0 Å². The molecule has 0 radical (unpaired) electrons. The van der Waals surface area contributed by atoms with E-state index in [0.717, 1.165) is 18.5 Å². The molecule has 2 nitrogen and oxygen atoms in total. The number of likely N-dealkylation sites (N-methyl/N-ethyl adjacent to an activating group) is 1. The molecule has 0 saturated heterocycles. The maximum absolute atomic E-state index is 10.2. The van der Waals surface area contributed by atoms with Crippen molar-refractivity contribution < 1.29 is 5.11 Å². The average molecular weight is 207 g/mol. The maximum Gasteiger partial charge on any atom is 0.0944 e. The minimum atomic E-state index is -0.388. The SMILES string of the molecule is CCC(C(O)c1ccccc1)N(C)CC. The Morgan fingerprint density at radius 3 is 2.27 bits per heavy atom. The van der Waals surface area contributed by atoms with E-state index in [-0.39, 0.29) is 12.1 Å². The second kappa shape index (κ2) is 5.89. The summed E-state index contributed by atoms with van der Waals surface area (Å²) in [6.45, 7) is 5.19. The second-order valence-electron chi connectivity index (χ2n) is 3.90. The van der Waals surface area contributed by atoms with E-state index in [9.17, 15) is 5.11 Å². The summed E-state index contributed by atoms with van der Waals surface area (Å²) in [6.07, 6.45) is 0.571. The number of benzene rings is 1. The predicted octanol–water partition coefficient (Wildman–Crippen LogP) is 2.45. The lowest BCUT2D eigenvalue weighted by Crippen LogP contribution is -2.36. The summed E-state index contributed by atoms with van der Waals surface area (Å²) < 4.78 is 0. The molecule has 0 aromatic heterocycles. The fraction of sp³-hybridized carbons (Fsp3) is 0.538. The first kappa shape index (κ1) is 12.2. The van der Waals surface area contributed by atoms with Crippen molar-refractivity contribution in [2.75, 3.05) is 13.6 Å². The molecule has 0 aliphatic heterocycles. The van der Waals surface area contributed by atoms with Gasteiger partial charge < -0.3 is 10.0 Å². The summed E-state index contributed by atoms with van der Waals surface area (Å²) in [5, 5.41) is 10.2.